The highest BCUT2D eigenvalue weighted by Gasteiger charge is 2.00. The van der Waals surface area contributed by atoms with Gasteiger partial charge in [-0.15, -0.1) is 0 Å². The number of rotatable bonds is 2. The minimum Gasteiger partial charge on any atom is -0.395 e. The van der Waals surface area contributed by atoms with Crippen LogP contribution in [0.15, 0.2) is 24.3 Å². The molecule has 1 aliphatic rings. The predicted octanol–water partition coefficient (Wildman–Crippen LogP) is -0.623. The molecular weight excluding hydrogens is 178 g/mol. The Morgan fingerprint density at radius 2 is 2.23 bits per heavy atom. The highest BCUT2D eigenvalue weighted by atomic mass is 28.2. The van der Waals surface area contributed by atoms with E-state index >= 15 is 0 Å². The summed E-state index contributed by atoms with van der Waals surface area (Å²) >= 11 is 0. The first-order chi connectivity index (χ1) is 6.40. The van der Waals surface area contributed by atoms with Gasteiger partial charge in [-0.1, -0.05) is 24.3 Å². The van der Waals surface area contributed by atoms with Crippen LogP contribution in [0.5, 0.6) is 0 Å². The summed E-state index contributed by atoms with van der Waals surface area (Å²) < 4.78 is 0. The molecule has 2 rings (SSSR count). The van der Waals surface area contributed by atoms with E-state index < -0.39 is 0 Å². The Morgan fingerprint density at radius 1 is 1.38 bits per heavy atom. The smallest absolute Gasteiger partial charge is 0.0606 e. The van der Waals surface area contributed by atoms with E-state index in [9.17, 15) is 0 Å². The molecule has 0 fully saturated rings. The molecule has 1 aromatic rings. The van der Waals surface area contributed by atoms with E-state index in [0.29, 0.717) is 9.13 Å². The van der Waals surface area contributed by atoms with Crippen LogP contribution in [-0.2, 0) is 0 Å². The Morgan fingerprint density at radius 3 is 3.08 bits per heavy atom. The van der Waals surface area contributed by atoms with Crippen molar-refractivity contribution in [1.82, 2.24) is 4.90 Å². The van der Waals surface area contributed by atoms with Crippen LogP contribution < -0.4 is 5.22 Å². The molecule has 13 heavy (non-hydrogen) atoms. The van der Waals surface area contributed by atoms with Crippen LogP contribution in [0.2, 0.25) is 0 Å². The molecule has 1 aliphatic heterocycles. The quantitative estimate of drug-likeness (QED) is 0.630. The molecule has 0 aromatic heterocycles. The molecule has 1 N–H and O–H groups in total. The highest BCUT2D eigenvalue weighted by molar-refractivity contribution is 6.27. The number of β-amino-alcohol motifs (C(OH)–C–C–N with tert-alkyl or cyclic N) is 1. The fourth-order valence-corrected chi connectivity index (χ4v) is 2.94. The maximum Gasteiger partial charge on any atom is 0.0606 e. The number of aliphatic hydroxyl groups excluding tert-OH is 1. The largest absolute Gasteiger partial charge is 0.395 e. The maximum absolute atomic E-state index is 8.81. The summed E-state index contributed by atoms with van der Waals surface area (Å²) in [6.07, 6.45) is 3.26. The lowest BCUT2D eigenvalue weighted by molar-refractivity contribution is 0.258. The van der Waals surface area contributed by atoms with Gasteiger partial charge < -0.3 is 10.0 Å². The third-order valence-corrected chi connectivity index (χ3v) is 3.87. The van der Waals surface area contributed by atoms with Gasteiger partial charge in [0.1, 0.15) is 0 Å². The SMILES string of the molecule is OCCN1C=c2ccccc2=[SiH]C1. The minimum atomic E-state index is 0.248. The monoisotopic (exact) mass is 191 g/mol. The Labute approximate surface area is 79.6 Å². The normalized spacial score (nSPS) is 14.4. The van der Waals surface area contributed by atoms with Gasteiger partial charge in [-0.25, -0.2) is 0 Å². The minimum absolute atomic E-state index is 0.248. The van der Waals surface area contributed by atoms with Gasteiger partial charge in [0.2, 0.25) is 0 Å². The molecule has 0 saturated heterocycles. The van der Waals surface area contributed by atoms with Gasteiger partial charge in [-0.3, -0.25) is 0 Å². The lowest BCUT2D eigenvalue weighted by atomic mass is 10.3. The molecular formula is C10H13NOSi. The number of nitrogens with zero attached hydrogens (tertiary/aromatic N) is 1. The average molecular weight is 191 g/mol. The number of hydrogen-bond donors (Lipinski definition) is 1. The van der Waals surface area contributed by atoms with Gasteiger partial charge in [0.05, 0.1) is 6.61 Å². The van der Waals surface area contributed by atoms with Crippen LogP contribution in [0.1, 0.15) is 0 Å². The predicted molar refractivity (Wildman–Crippen MR) is 55.2 cm³/mol. The van der Waals surface area contributed by atoms with E-state index in [0.717, 1.165) is 12.7 Å². The molecule has 3 heteroatoms. The number of aliphatic hydroxyl groups is 1. The molecule has 2 nitrogen and oxygen atoms in total. The van der Waals surface area contributed by atoms with Crippen molar-refractivity contribution < 1.29 is 5.11 Å². The fourth-order valence-electron chi connectivity index (χ4n) is 1.56. The van der Waals surface area contributed by atoms with Gasteiger partial charge in [0, 0.05) is 28.0 Å². The molecule has 0 atom stereocenters. The van der Waals surface area contributed by atoms with Crippen LogP contribution in [0.3, 0.4) is 0 Å². The van der Waals surface area contributed by atoms with E-state index in [4.69, 9.17) is 5.11 Å². The molecule has 0 aliphatic carbocycles. The first-order valence-electron chi connectivity index (χ1n) is 4.52. The van der Waals surface area contributed by atoms with Crippen LogP contribution in [0.25, 0.3) is 6.20 Å². The molecule has 68 valence electrons. The highest BCUT2D eigenvalue weighted by Crippen LogP contribution is 1.92. The molecule has 0 spiro atoms. The second-order valence-electron chi connectivity index (χ2n) is 3.18. The van der Waals surface area contributed by atoms with Crippen molar-refractivity contribution in [2.45, 2.75) is 0 Å². The van der Waals surface area contributed by atoms with Gasteiger partial charge in [-0.05, 0) is 10.0 Å². The zero-order valence-electron chi connectivity index (χ0n) is 7.48. The first kappa shape index (κ1) is 8.66. The number of hydrogen-bond acceptors (Lipinski definition) is 2. The summed E-state index contributed by atoms with van der Waals surface area (Å²) in [7, 11) is 0.360. The molecule has 0 bridgehead atoms. The van der Waals surface area contributed by atoms with E-state index in [1.165, 1.54) is 10.0 Å². The molecule has 1 heterocycles. The summed E-state index contributed by atoms with van der Waals surface area (Å²) in [6, 6.07) is 8.52. The second kappa shape index (κ2) is 3.85. The Kier molecular flexibility index (Phi) is 2.56. The van der Waals surface area contributed by atoms with Crippen LogP contribution in [0.4, 0.5) is 0 Å². The zero-order valence-corrected chi connectivity index (χ0v) is 8.63. The summed E-state index contributed by atoms with van der Waals surface area (Å²) in [4.78, 5) is 3.70. The second-order valence-corrected chi connectivity index (χ2v) is 4.58. The van der Waals surface area contributed by atoms with Gasteiger partial charge in [0.15, 0.2) is 0 Å². The summed E-state index contributed by atoms with van der Waals surface area (Å²) in [6.45, 7) is 1.01. The van der Waals surface area contributed by atoms with Crippen molar-refractivity contribution in [2.75, 3.05) is 19.3 Å². The molecule has 0 unspecified atom stereocenters. The maximum atomic E-state index is 8.81. The first-order valence-corrected chi connectivity index (χ1v) is 5.91. The van der Waals surface area contributed by atoms with E-state index in [1.54, 1.807) is 0 Å². The van der Waals surface area contributed by atoms with Gasteiger partial charge >= 0.3 is 0 Å². The standard InChI is InChI=1S/C10H13NOSi/c12-6-5-11-7-9-3-1-2-4-10(9)13-8-11/h1-4,7,12-13H,5-6,8H2. The van der Waals surface area contributed by atoms with E-state index in [2.05, 4.69) is 35.4 Å². The van der Waals surface area contributed by atoms with E-state index in [-0.39, 0.29) is 6.61 Å². The van der Waals surface area contributed by atoms with Crippen molar-refractivity contribution in [3.05, 3.63) is 34.3 Å². The van der Waals surface area contributed by atoms with Crippen LogP contribution in [0, 0.1) is 4.81 Å². The molecule has 0 amide bonds. The molecule has 1 aromatic carbocycles. The Hall–Kier alpha value is -0.933. The Balaban J connectivity index is 2.38. The molecule has 0 radical (unpaired) electrons. The van der Waals surface area contributed by atoms with Crippen molar-refractivity contribution in [3.8, 4) is 0 Å². The van der Waals surface area contributed by atoms with Crippen LogP contribution in [-0.4, -0.2) is 38.5 Å². The van der Waals surface area contributed by atoms with Gasteiger partial charge in [0.25, 0.3) is 0 Å². The fraction of sp³-hybridized carbons (Fsp3) is 0.300. The Bertz CT molecular complexity index is 402. The number of benzene rings is 1. The van der Waals surface area contributed by atoms with Crippen molar-refractivity contribution in [2.24, 2.45) is 0 Å². The summed E-state index contributed by atoms with van der Waals surface area (Å²) in [5, 5.41) is 10.1. The average Bonchev–Trinajstić information content (AvgIpc) is 2.18. The van der Waals surface area contributed by atoms with Crippen molar-refractivity contribution >= 4 is 15.3 Å². The number of fused-ring (bicyclic) bond motifs is 1. The van der Waals surface area contributed by atoms with Crippen molar-refractivity contribution in [1.29, 1.82) is 0 Å². The van der Waals surface area contributed by atoms with Crippen molar-refractivity contribution in [3.63, 3.8) is 0 Å². The third kappa shape index (κ3) is 1.87. The lowest BCUT2D eigenvalue weighted by Gasteiger charge is -2.19. The third-order valence-electron chi connectivity index (χ3n) is 2.25. The zero-order chi connectivity index (χ0) is 9.10. The summed E-state index contributed by atoms with van der Waals surface area (Å²) in [5.41, 5.74) is 0. The molecule has 0 saturated carbocycles. The topological polar surface area (TPSA) is 23.5 Å². The van der Waals surface area contributed by atoms with Crippen LogP contribution >= 0.6 is 0 Å². The summed E-state index contributed by atoms with van der Waals surface area (Å²) in [5.74, 6) is 0. The lowest BCUT2D eigenvalue weighted by Crippen LogP contribution is -2.30. The van der Waals surface area contributed by atoms with Gasteiger partial charge in [-0.2, -0.15) is 0 Å². The van der Waals surface area contributed by atoms with E-state index in [1.807, 2.05) is 0 Å².